The fourth-order valence-electron chi connectivity index (χ4n) is 9.79. The number of rotatable bonds is 3. The summed E-state index contributed by atoms with van der Waals surface area (Å²) in [6.07, 6.45) is -0.169. The highest BCUT2D eigenvalue weighted by molar-refractivity contribution is 7.99. The Morgan fingerprint density at radius 1 is 1.09 bits per heavy atom. The van der Waals surface area contributed by atoms with Crippen LogP contribution in [0, 0.1) is 13.8 Å². The maximum Gasteiger partial charge on any atom is 0.333 e. The first-order valence-corrected chi connectivity index (χ1v) is 19.3. The number of para-hydroxylation sites is 1. The van der Waals surface area contributed by atoms with E-state index in [9.17, 15) is 19.8 Å². The van der Waals surface area contributed by atoms with Crippen molar-refractivity contribution in [1.29, 1.82) is 0 Å². The quantitative estimate of drug-likeness (QED) is 0.172. The summed E-state index contributed by atoms with van der Waals surface area (Å²) in [5.41, 5.74) is 5.67. The number of phenols is 1. The summed E-state index contributed by atoms with van der Waals surface area (Å²) in [5, 5.41) is 28.6. The number of methoxy groups -OCH3 is 1. The number of aliphatic hydroxyl groups excluding tert-OH is 1. The topological polar surface area (TPSA) is 155 Å². The summed E-state index contributed by atoms with van der Waals surface area (Å²) in [5.74, 6) is 0.962. The van der Waals surface area contributed by atoms with Gasteiger partial charge in [-0.15, -0.1) is 11.8 Å². The third kappa shape index (κ3) is 4.93. The number of likely N-dealkylation sites (N-methyl/N-ethyl adjacent to an activating group) is 1. The molecule has 4 aromatic rings. The molecule has 14 heteroatoms. The van der Waals surface area contributed by atoms with Crippen molar-refractivity contribution in [3.63, 3.8) is 0 Å². The predicted molar refractivity (Wildman–Crippen MR) is 200 cm³/mol. The minimum absolute atomic E-state index is 0.0140. The molecule has 1 spiro atoms. The first kappa shape index (κ1) is 35.2. The number of benzene rings is 3. The van der Waals surface area contributed by atoms with Gasteiger partial charge in [0.25, 0.3) is 0 Å². The third-order valence-electron chi connectivity index (χ3n) is 11.9. The zero-order valence-corrected chi connectivity index (χ0v) is 31.9. The Labute approximate surface area is 316 Å². The molecule has 0 aliphatic carbocycles. The first-order valence-electron chi connectivity index (χ1n) is 18.3. The van der Waals surface area contributed by atoms with Gasteiger partial charge in [-0.3, -0.25) is 15.0 Å². The fraction of sp³-hybridized carbons (Fsp3) is 0.450. The number of thioether (sulfide) groups is 1. The number of carbonyl (C=O) groups is 2. The summed E-state index contributed by atoms with van der Waals surface area (Å²) >= 11 is 1.53. The average Bonchev–Trinajstić information content (AvgIpc) is 3.75. The fourth-order valence-corrected chi connectivity index (χ4v) is 11.5. The molecule has 3 aromatic carbocycles. The molecule has 6 aliphatic heterocycles. The first-order chi connectivity index (χ1) is 26.0. The molecule has 10 rings (SSSR count). The Kier molecular flexibility index (Phi) is 8.36. The van der Waals surface area contributed by atoms with Gasteiger partial charge in [-0.25, -0.2) is 4.79 Å². The standard InChI is InChI=1S/C40H44N4O9S/c1-18-13-21-14-26(46)44-25-15-50-39(48)40(38-23(11-12-41-40)22-9-7-8-10-24(22)42-38)16-54-37(31(44)30(43(4)5)27(21)32(47)33(18)49-6)29-28(25)36-35(51-17-52-36)19(2)34(29)53-20(3)45/h7-10,13,25-26,30-31,37,41-42,46-47H,11-12,14-17H2,1-6H3/t25-,26-,30-,31+,37+,40+/m0/s1. The van der Waals surface area contributed by atoms with Crippen LogP contribution in [0.3, 0.4) is 0 Å². The molecule has 54 heavy (non-hydrogen) atoms. The lowest BCUT2D eigenvalue weighted by atomic mass is 9.80. The van der Waals surface area contributed by atoms with Crippen LogP contribution in [0.2, 0.25) is 0 Å². The van der Waals surface area contributed by atoms with Crippen molar-refractivity contribution < 1.29 is 43.5 Å². The molecule has 13 nitrogen and oxygen atoms in total. The Hall–Kier alpha value is -4.47. The number of ether oxygens (including phenoxy) is 5. The molecule has 0 saturated carbocycles. The second-order valence-corrected chi connectivity index (χ2v) is 16.2. The van der Waals surface area contributed by atoms with E-state index in [2.05, 4.69) is 16.4 Å². The van der Waals surface area contributed by atoms with E-state index in [1.165, 1.54) is 25.8 Å². The molecule has 0 amide bonds. The summed E-state index contributed by atoms with van der Waals surface area (Å²) in [7, 11) is 5.44. The molecule has 6 aliphatic rings. The Bertz CT molecular complexity index is 2240. The highest BCUT2D eigenvalue weighted by Crippen LogP contribution is 2.63. The number of aryl methyl sites for hydroxylation is 1. The number of aliphatic hydroxyl groups is 1. The van der Waals surface area contributed by atoms with Crippen LogP contribution in [0.25, 0.3) is 10.9 Å². The van der Waals surface area contributed by atoms with Crippen molar-refractivity contribution >= 4 is 34.6 Å². The number of phenolic OH excluding ortho intramolecular Hbond substituents is 1. The highest BCUT2D eigenvalue weighted by atomic mass is 32.2. The van der Waals surface area contributed by atoms with Crippen LogP contribution in [-0.2, 0) is 32.7 Å². The lowest BCUT2D eigenvalue weighted by Gasteiger charge is -2.53. The van der Waals surface area contributed by atoms with Gasteiger partial charge in [-0.2, -0.15) is 0 Å². The van der Waals surface area contributed by atoms with Crippen molar-refractivity contribution in [2.24, 2.45) is 0 Å². The second-order valence-electron chi connectivity index (χ2n) is 15.1. The van der Waals surface area contributed by atoms with Crippen LogP contribution in [0.4, 0.5) is 0 Å². The highest BCUT2D eigenvalue weighted by Gasteiger charge is 2.58. The Morgan fingerprint density at radius 3 is 2.63 bits per heavy atom. The molecular weight excluding hydrogens is 713 g/mol. The number of aromatic hydroxyl groups is 1. The van der Waals surface area contributed by atoms with E-state index in [4.69, 9.17) is 23.7 Å². The Balaban J connectivity index is 1.33. The lowest BCUT2D eigenvalue weighted by molar-refractivity contribution is -0.158. The average molecular weight is 757 g/mol. The molecule has 0 unspecified atom stereocenters. The van der Waals surface area contributed by atoms with Crippen LogP contribution in [0.5, 0.6) is 28.7 Å². The molecule has 2 bridgehead atoms. The third-order valence-corrected chi connectivity index (χ3v) is 13.4. The van der Waals surface area contributed by atoms with Crippen LogP contribution in [0.15, 0.2) is 30.3 Å². The van der Waals surface area contributed by atoms with Crippen LogP contribution >= 0.6 is 11.8 Å². The van der Waals surface area contributed by atoms with E-state index in [0.717, 1.165) is 39.7 Å². The Morgan fingerprint density at radius 2 is 1.87 bits per heavy atom. The van der Waals surface area contributed by atoms with Gasteiger partial charge in [-0.1, -0.05) is 24.3 Å². The number of carbonyl (C=O) groups excluding carboxylic acids is 2. The molecule has 1 fully saturated rings. The molecule has 1 aromatic heterocycles. The zero-order valence-electron chi connectivity index (χ0n) is 31.1. The number of hydrogen-bond donors (Lipinski definition) is 4. The van der Waals surface area contributed by atoms with Crippen LogP contribution in [0.1, 0.15) is 68.9 Å². The molecule has 6 atom stereocenters. The molecular formula is C40H44N4O9S. The van der Waals surface area contributed by atoms with Crippen LogP contribution in [-0.4, -0.2) is 96.1 Å². The summed E-state index contributed by atoms with van der Waals surface area (Å²) in [4.78, 5) is 35.3. The van der Waals surface area contributed by atoms with E-state index in [1.807, 2.05) is 62.0 Å². The van der Waals surface area contributed by atoms with E-state index in [-0.39, 0.29) is 31.3 Å². The number of esters is 2. The number of nitrogens with one attached hydrogen (secondary N) is 2. The van der Waals surface area contributed by atoms with Gasteiger partial charge in [0.05, 0.1) is 30.1 Å². The largest absolute Gasteiger partial charge is 0.504 e. The normalized spacial score (nSPS) is 27.2. The van der Waals surface area contributed by atoms with Gasteiger partial charge < -0.3 is 43.8 Å². The van der Waals surface area contributed by atoms with Gasteiger partial charge in [0.15, 0.2) is 28.5 Å². The maximum atomic E-state index is 14.8. The number of H-pyrrole nitrogens is 1. The van der Waals surface area contributed by atoms with Crippen molar-refractivity contribution in [1.82, 2.24) is 20.1 Å². The van der Waals surface area contributed by atoms with Gasteiger partial charge in [-0.05, 0) is 57.1 Å². The van der Waals surface area contributed by atoms with Gasteiger partial charge >= 0.3 is 11.9 Å². The van der Waals surface area contributed by atoms with Crippen LogP contribution < -0.4 is 24.3 Å². The number of nitrogens with zero attached hydrogens (tertiary/aromatic N) is 2. The number of aromatic nitrogens is 1. The summed E-state index contributed by atoms with van der Waals surface area (Å²) in [6.45, 7) is 5.45. The lowest BCUT2D eigenvalue weighted by Crippen LogP contribution is -2.60. The van der Waals surface area contributed by atoms with E-state index < -0.39 is 47.1 Å². The molecule has 0 radical (unpaired) electrons. The number of fused-ring (bicyclic) bond motifs is 8. The minimum atomic E-state index is -1.25. The van der Waals surface area contributed by atoms with Gasteiger partial charge in [0.2, 0.25) is 6.79 Å². The smallest absolute Gasteiger partial charge is 0.333 e. The van der Waals surface area contributed by atoms with Gasteiger partial charge in [0, 0.05) is 64.8 Å². The summed E-state index contributed by atoms with van der Waals surface area (Å²) in [6, 6.07) is 8.17. The zero-order chi connectivity index (χ0) is 37.8. The number of hydrogen-bond acceptors (Lipinski definition) is 13. The van der Waals surface area contributed by atoms with E-state index in [1.54, 1.807) is 0 Å². The van der Waals surface area contributed by atoms with Crippen molar-refractivity contribution in [2.75, 3.05) is 46.9 Å². The molecule has 4 N–H and O–H groups in total. The van der Waals surface area contributed by atoms with E-state index >= 15 is 0 Å². The van der Waals surface area contributed by atoms with Crippen molar-refractivity contribution in [2.45, 2.75) is 68.8 Å². The molecule has 7 heterocycles. The SMILES string of the molecule is COc1c(C)cc2c(c1O)[C@H](N(C)C)[C@@H]1[C@@H]3SC[C@]4(NCCc5c4[nH]c4ccccc54)C(=O)OC[C@@H](c4c5c(c(C)c(OC(C)=O)c43)OCO5)N1[C@@H](O)C2. The monoisotopic (exact) mass is 756 g/mol. The molecule has 284 valence electrons. The number of aromatic amines is 1. The van der Waals surface area contributed by atoms with E-state index in [0.29, 0.717) is 51.8 Å². The van der Waals surface area contributed by atoms with Crippen molar-refractivity contribution in [3.05, 3.63) is 75.0 Å². The minimum Gasteiger partial charge on any atom is -0.504 e. The maximum absolute atomic E-state index is 14.8. The van der Waals surface area contributed by atoms with Gasteiger partial charge in [0.1, 0.15) is 18.6 Å². The predicted octanol–water partition coefficient (Wildman–Crippen LogP) is 4.43. The van der Waals surface area contributed by atoms with Crippen molar-refractivity contribution in [3.8, 4) is 28.7 Å². The molecule has 1 saturated heterocycles. The second kappa shape index (κ2) is 12.8. The summed E-state index contributed by atoms with van der Waals surface area (Å²) < 4.78 is 30.6.